The van der Waals surface area contributed by atoms with E-state index in [1.807, 2.05) is 6.20 Å². The lowest BCUT2D eigenvalue weighted by Gasteiger charge is -2.20. The van der Waals surface area contributed by atoms with Crippen LogP contribution in [0.15, 0.2) is 6.20 Å². The van der Waals surface area contributed by atoms with E-state index >= 15 is 0 Å². The largest absolute Gasteiger partial charge is 0.381 e. The van der Waals surface area contributed by atoms with Gasteiger partial charge in [-0.1, -0.05) is 0 Å². The Kier molecular flexibility index (Phi) is 5.22. The number of rotatable bonds is 7. The van der Waals surface area contributed by atoms with Crippen molar-refractivity contribution in [2.45, 2.75) is 38.0 Å². The Labute approximate surface area is 129 Å². The maximum atomic E-state index is 11.8. The van der Waals surface area contributed by atoms with Crippen LogP contribution in [0.2, 0.25) is 0 Å². The maximum absolute atomic E-state index is 11.8. The number of carbonyl (C=O) groups is 1. The number of aromatic nitrogens is 1. The Morgan fingerprint density at radius 2 is 2.19 bits per heavy atom. The van der Waals surface area contributed by atoms with Crippen LogP contribution < -0.4 is 10.6 Å². The second kappa shape index (κ2) is 7.33. The molecule has 6 heteroatoms. The number of hydrogen-bond acceptors (Lipinski definition) is 5. The van der Waals surface area contributed by atoms with Gasteiger partial charge in [-0.25, -0.2) is 4.98 Å². The molecule has 0 bridgehead atoms. The number of nitrogens with zero attached hydrogens (tertiary/aromatic N) is 1. The number of thiazole rings is 1. The van der Waals surface area contributed by atoms with Gasteiger partial charge in [0.1, 0.15) is 0 Å². The predicted molar refractivity (Wildman–Crippen MR) is 83.7 cm³/mol. The van der Waals surface area contributed by atoms with Gasteiger partial charge in [-0.05, 0) is 50.6 Å². The minimum absolute atomic E-state index is 0.00277. The Hall–Kier alpha value is -0.980. The lowest BCUT2D eigenvalue weighted by molar-refractivity contribution is -0.117. The highest BCUT2D eigenvalue weighted by molar-refractivity contribution is 7.15. The maximum Gasteiger partial charge on any atom is 0.228 e. The van der Waals surface area contributed by atoms with Gasteiger partial charge in [0, 0.05) is 17.7 Å². The van der Waals surface area contributed by atoms with Crippen molar-refractivity contribution >= 4 is 22.4 Å². The lowest BCUT2D eigenvalue weighted by Crippen LogP contribution is -2.26. The molecule has 1 aromatic rings. The van der Waals surface area contributed by atoms with Gasteiger partial charge >= 0.3 is 0 Å². The van der Waals surface area contributed by atoms with Crippen LogP contribution in [0.1, 0.15) is 42.9 Å². The van der Waals surface area contributed by atoms with Gasteiger partial charge in [0.15, 0.2) is 5.13 Å². The summed E-state index contributed by atoms with van der Waals surface area (Å²) in [5.41, 5.74) is 0. The van der Waals surface area contributed by atoms with E-state index in [1.165, 1.54) is 17.7 Å². The van der Waals surface area contributed by atoms with Crippen LogP contribution in [0.5, 0.6) is 0 Å². The summed E-state index contributed by atoms with van der Waals surface area (Å²) in [7, 11) is 0. The standard InChI is InChI=1S/C15H23N3O2S/c19-14(5-8-20-10-11-1-2-11)18-15-17-9-13(21-15)12-3-6-16-7-4-12/h9,11-12,16H,1-8,10H2,(H,17,18,19). The monoisotopic (exact) mass is 309 g/mol. The third kappa shape index (κ3) is 4.76. The molecule has 1 amide bonds. The average molecular weight is 309 g/mol. The fraction of sp³-hybridized carbons (Fsp3) is 0.733. The van der Waals surface area contributed by atoms with Crippen LogP contribution in [-0.2, 0) is 9.53 Å². The highest BCUT2D eigenvalue weighted by Gasteiger charge is 2.21. The summed E-state index contributed by atoms with van der Waals surface area (Å²) in [5, 5.41) is 6.96. The van der Waals surface area contributed by atoms with E-state index in [0.717, 1.165) is 43.6 Å². The van der Waals surface area contributed by atoms with Crippen LogP contribution in [-0.4, -0.2) is 37.2 Å². The van der Waals surface area contributed by atoms with Gasteiger partial charge in [0.05, 0.1) is 13.0 Å². The molecular formula is C15H23N3O2S. The zero-order valence-electron chi connectivity index (χ0n) is 12.3. The molecule has 2 fully saturated rings. The third-order valence-electron chi connectivity index (χ3n) is 4.04. The number of carbonyl (C=O) groups excluding carboxylic acids is 1. The first-order chi connectivity index (χ1) is 10.3. The van der Waals surface area contributed by atoms with Crippen LogP contribution in [0, 0.1) is 5.92 Å². The van der Waals surface area contributed by atoms with Gasteiger partial charge in [-0.3, -0.25) is 4.79 Å². The number of anilines is 1. The molecule has 2 N–H and O–H groups in total. The number of hydrogen-bond donors (Lipinski definition) is 2. The third-order valence-corrected chi connectivity index (χ3v) is 5.11. The Balaban J connectivity index is 1.39. The van der Waals surface area contributed by atoms with Gasteiger partial charge < -0.3 is 15.4 Å². The summed E-state index contributed by atoms with van der Waals surface area (Å²) >= 11 is 1.61. The Morgan fingerprint density at radius 3 is 2.95 bits per heavy atom. The van der Waals surface area contributed by atoms with Gasteiger partial charge in [0.25, 0.3) is 0 Å². The van der Waals surface area contributed by atoms with E-state index < -0.39 is 0 Å². The van der Waals surface area contributed by atoms with Crippen molar-refractivity contribution in [3.8, 4) is 0 Å². The van der Waals surface area contributed by atoms with Crippen molar-refractivity contribution in [2.75, 3.05) is 31.6 Å². The molecule has 1 aliphatic heterocycles. The second-order valence-electron chi connectivity index (χ2n) is 5.91. The molecule has 0 aromatic carbocycles. The summed E-state index contributed by atoms with van der Waals surface area (Å²) in [6, 6.07) is 0. The molecule has 0 spiro atoms. The molecule has 3 rings (SSSR count). The molecule has 1 saturated carbocycles. The zero-order chi connectivity index (χ0) is 14.5. The highest BCUT2D eigenvalue weighted by atomic mass is 32.1. The molecule has 116 valence electrons. The fourth-order valence-electron chi connectivity index (χ4n) is 2.52. The number of amides is 1. The highest BCUT2D eigenvalue weighted by Crippen LogP contribution is 2.31. The van der Waals surface area contributed by atoms with Crippen molar-refractivity contribution in [3.05, 3.63) is 11.1 Å². The first-order valence-corrected chi connectivity index (χ1v) is 8.67. The van der Waals surface area contributed by atoms with Crippen molar-refractivity contribution in [1.29, 1.82) is 0 Å². The van der Waals surface area contributed by atoms with E-state index in [1.54, 1.807) is 11.3 Å². The molecule has 1 aromatic heterocycles. The summed E-state index contributed by atoms with van der Waals surface area (Å²) in [5.74, 6) is 1.34. The SMILES string of the molecule is O=C(CCOCC1CC1)Nc1ncc(C2CCNCC2)s1. The molecule has 5 nitrogen and oxygen atoms in total. The molecule has 21 heavy (non-hydrogen) atoms. The van der Waals surface area contributed by atoms with Crippen LogP contribution in [0.3, 0.4) is 0 Å². The molecule has 0 atom stereocenters. The first-order valence-electron chi connectivity index (χ1n) is 7.85. The molecular weight excluding hydrogens is 286 g/mol. The average Bonchev–Trinajstić information content (AvgIpc) is 3.22. The molecule has 2 heterocycles. The predicted octanol–water partition coefficient (Wildman–Crippen LogP) is 2.37. The Morgan fingerprint density at radius 1 is 1.38 bits per heavy atom. The normalized spacial score (nSPS) is 19.6. The summed E-state index contributed by atoms with van der Waals surface area (Å²) in [6.45, 7) is 3.46. The van der Waals surface area contributed by atoms with E-state index in [-0.39, 0.29) is 5.91 Å². The smallest absolute Gasteiger partial charge is 0.228 e. The van der Waals surface area contributed by atoms with Crippen LogP contribution >= 0.6 is 11.3 Å². The minimum Gasteiger partial charge on any atom is -0.381 e. The van der Waals surface area contributed by atoms with Crippen molar-refractivity contribution < 1.29 is 9.53 Å². The number of piperidine rings is 1. The number of nitrogens with one attached hydrogen (secondary N) is 2. The minimum atomic E-state index is -0.00277. The number of ether oxygens (including phenoxy) is 1. The molecule has 1 aliphatic carbocycles. The van der Waals surface area contributed by atoms with E-state index in [4.69, 9.17) is 4.74 Å². The lowest BCUT2D eigenvalue weighted by atomic mass is 9.97. The molecule has 1 saturated heterocycles. The van der Waals surface area contributed by atoms with Crippen LogP contribution in [0.4, 0.5) is 5.13 Å². The Bertz CT molecular complexity index is 467. The topological polar surface area (TPSA) is 63.2 Å². The molecule has 0 radical (unpaired) electrons. The molecule has 0 unspecified atom stereocenters. The molecule has 2 aliphatic rings. The summed E-state index contributed by atoms with van der Waals surface area (Å²) < 4.78 is 5.48. The van der Waals surface area contributed by atoms with Gasteiger partial charge in [-0.15, -0.1) is 11.3 Å². The summed E-state index contributed by atoms with van der Waals surface area (Å²) in [4.78, 5) is 17.4. The van der Waals surface area contributed by atoms with E-state index in [2.05, 4.69) is 15.6 Å². The zero-order valence-corrected chi connectivity index (χ0v) is 13.1. The summed E-state index contributed by atoms with van der Waals surface area (Å²) in [6.07, 6.45) is 7.21. The second-order valence-corrected chi connectivity index (χ2v) is 6.97. The van der Waals surface area contributed by atoms with E-state index in [9.17, 15) is 4.79 Å². The van der Waals surface area contributed by atoms with Gasteiger partial charge in [0.2, 0.25) is 5.91 Å². The van der Waals surface area contributed by atoms with Crippen molar-refractivity contribution in [1.82, 2.24) is 10.3 Å². The van der Waals surface area contributed by atoms with E-state index in [0.29, 0.717) is 18.9 Å². The van der Waals surface area contributed by atoms with Crippen LogP contribution in [0.25, 0.3) is 0 Å². The first kappa shape index (κ1) is 14.9. The quantitative estimate of drug-likeness (QED) is 0.759. The fourth-order valence-corrected chi connectivity index (χ4v) is 3.52. The van der Waals surface area contributed by atoms with Gasteiger partial charge in [-0.2, -0.15) is 0 Å². The van der Waals surface area contributed by atoms with Crippen molar-refractivity contribution in [2.24, 2.45) is 5.92 Å². The van der Waals surface area contributed by atoms with Crippen molar-refractivity contribution in [3.63, 3.8) is 0 Å².